The van der Waals surface area contributed by atoms with Gasteiger partial charge in [-0.3, -0.25) is 10.2 Å². The molecule has 1 amide bonds. The fraction of sp³-hybridized carbons (Fsp3) is 0.364. The number of benzene rings is 1. The lowest BCUT2D eigenvalue weighted by molar-refractivity contribution is -0.126. The molecule has 0 radical (unpaired) electrons. The van der Waals surface area contributed by atoms with Crippen molar-refractivity contribution in [2.75, 3.05) is 20.7 Å². The first kappa shape index (κ1) is 12.8. The van der Waals surface area contributed by atoms with E-state index in [1.165, 1.54) is 0 Å². The van der Waals surface area contributed by atoms with Gasteiger partial charge in [0.05, 0.1) is 5.02 Å². The van der Waals surface area contributed by atoms with Crippen LogP contribution in [0.2, 0.25) is 5.02 Å². The number of halogens is 1. The molecule has 88 valence electrons. The van der Waals surface area contributed by atoms with Crippen LogP contribution in [0.4, 0.5) is 0 Å². The number of aryl methyl sites for hydroxylation is 1. The average Bonchev–Trinajstić information content (AvgIpc) is 2.18. The Bertz CT molecular complexity index is 380. The fourth-order valence-electron chi connectivity index (χ4n) is 1.15. The zero-order valence-corrected chi connectivity index (χ0v) is 10.3. The van der Waals surface area contributed by atoms with E-state index in [0.717, 1.165) is 5.56 Å². The molecule has 0 fully saturated rings. The predicted octanol–water partition coefficient (Wildman–Crippen LogP) is 1.62. The van der Waals surface area contributed by atoms with Crippen LogP contribution in [-0.2, 0) is 4.79 Å². The largest absolute Gasteiger partial charge is 0.482 e. The van der Waals surface area contributed by atoms with Crippen molar-refractivity contribution >= 4 is 17.5 Å². The summed E-state index contributed by atoms with van der Waals surface area (Å²) >= 11 is 5.92. The van der Waals surface area contributed by atoms with Crippen molar-refractivity contribution in [3.63, 3.8) is 0 Å². The van der Waals surface area contributed by atoms with E-state index in [1.54, 1.807) is 31.2 Å². The van der Waals surface area contributed by atoms with E-state index in [0.29, 0.717) is 10.8 Å². The van der Waals surface area contributed by atoms with Gasteiger partial charge < -0.3 is 4.74 Å². The van der Waals surface area contributed by atoms with Crippen molar-refractivity contribution in [3.05, 3.63) is 28.8 Å². The second-order valence-corrected chi connectivity index (χ2v) is 4.06. The van der Waals surface area contributed by atoms with Crippen LogP contribution >= 0.6 is 11.6 Å². The Morgan fingerprint density at radius 1 is 1.50 bits per heavy atom. The molecule has 0 bridgehead atoms. The van der Waals surface area contributed by atoms with Crippen molar-refractivity contribution in [1.29, 1.82) is 0 Å². The van der Waals surface area contributed by atoms with Gasteiger partial charge in [-0.25, -0.2) is 5.01 Å². The quantitative estimate of drug-likeness (QED) is 0.816. The molecule has 0 saturated carbocycles. The summed E-state index contributed by atoms with van der Waals surface area (Å²) in [5, 5.41) is 2.06. The van der Waals surface area contributed by atoms with E-state index in [9.17, 15) is 4.79 Å². The van der Waals surface area contributed by atoms with Crippen molar-refractivity contribution < 1.29 is 9.53 Å². The topological polar surface area (TPSA) is 41.6 Å². The Hall–Kier alpha value is -1.26. The Labute approximate surface area is 100 Å². The molecule has 0 aliphatic carbocycles. The van der Waals surface area contributed by atoms with Gasteiger partial charge in [-0.2, -0.15) is 0 Å². The van der Waals surface area contributed by atoms with Gasteiger partial charge >= 0.3 is 0 Å². The van der Waals surface area contributed by atoms with Crippen LogP contribution in [0.1, 0.15) is 5.56 Å². The third-order valence-corrected chi connectivity index (χ3v) is 2.11. The summed E-state index contributed by atoms with van der Waals surface area (Å²) in [6.45, 7) is 1.88. The number of carbonyl (C=O) groups is 1. The van der Waals surface area contributed by atoms with Crippen molar-refractivity contribution in [2.45, 2.75) is 6.92 Å². The fourth-order valence-corrected chi connectivity index (χ4v) is 1.32. The van der Waals surface area contributed by atoms with Crippen molar-refractivity contribution in [2.24, 2.45) is 0 Å². The number of ether oxygens (including phenoxy) is 1. The lowest BCUT2D eigenvalue weighted by Gasteiger charge is -2.13. The second kappa shape index (κ2) is 5.72. The van der Waals surface area contributed by atoms with Crippen LogP contribution in [0.25, 0.3) is 0 Å². The van der Waals surface area contributed by atoms with Gasteiger partial charge in [0.15, 0.2) is 6.61 Å². The normalized spacial score (nSPS) is 10.3. The highest BCUT2D eigenvalue weighted by atomic mass is 35.5. The molecule has 1 N–H and O–H groups in total. The molecule has 5 heteroatoms. The number of nitrogens with one attached hydrogen (secondary N) is 1. The molecule has 0 unspecified atom stereocenters. The second-order valence-electron chi connectivity index (χ2n) is 3.65. The smallest absolute Gasteiger partial charge is 0.272 e. The van der Waals surface area contributed by atoms with E-state index in [1.807, 2.05) is 13.0 Å². The molecule has 0 spiro atoms. The van der Waals surface area contributed by atoms with E-state index >= 15 is 0 Å². The number of rotatable bonds is 4. The maximum Gasteiger partial charge on any atom is 0.272 e. The van der Waals surface area contributed by atoms with Gasteiger partial charge in [-0.15, -0.1) is 0 Å². The molecule has 0 heterocycles. The third-order valence-electron chi connectivity index (χ3n) is 1.79. The average molecular weight is 243 g/mol. The van der Waals surface area contributed by atoms with Gasteiger partial charge in [0.2, 0.25) is 0 Å². The molecule has 1 aromatic carbocycles. The number of hydrazine groups is 1. The monoisotopic (exact) mass is 242 g/mol. The SMILES string of the molecule is Cc1ccc(Cl)c(OCC(=O)NN(C)C)c1. The maximum atomic E-state index is 11.3. The molecule has 16 heavy (non-hydrogen) atoms. The first-order chi connectivity index (χ1) is 7.49. The van der Waals surface area contributed by atoms with E-state index in [2.05, 4.69) is 5.43 Å². The summed E-state index contributed by atoms with van der Waals surface area (Å²) in [4.78, 5) is 11.3. The number of hydrogen-bond donors (Lipinski definition) is 1. The molecule has 1 aromatic rings. The highest BCUT2D eigenvalue weighted by Gasteiger charge is 2.06. The minimum atomic E-state index is -0.220. The molecule has 4 nitrogen and oxygen atoms in total. The molecule has 0 aromatic heterocycles. The third kappa shape index (κ3) is 4.08. The summed E-state index contributed by atoms with van der Waals surface area (Å²) in [5.74, 6) is 0.304. The van der Waals surface area contributed by atoms with Crippen molar-refractivity contribution in [1.82, 2.24) is 10.4 Å². The molecular formula is C11H15ClN2O2. The van der Waals surface area contributed by atoms with Crippen LogP contribution in [0.5, 0.6) is 5.75 Å². The maximum absolute atomic E-state index is 11.3. The Kier molecular flexibility index (Phi) is 4.58. The Balaban J connectivity index is 2.54. The summed E-state index contributed by atoms with van der Waals surface area (Å²) in [7, 11) is 3.47. The molecular weight excluding hydrogens is 228 g/mol. The number of nitrogens with zero attached hydrogens (tertiary/aromatic N) is 1. The number of hydrogen-bond acceptors (Lipinski definition) is 3. The Morgan fingerprint density at radius 2 is 2.19 bits per heavy atom. The summed E-state index contributed by atoms with van der Waals surface area (Å²) in [6.07, 6.45) is 0. The van der Waals surface area contributed by atoms with Crippen LogP contribution in [0, 0.1) is 6.92 Å². The van der Waals surface area contributed by atoms with Gasteiger partial charge in [-0.05, 0) is 24.6 Å². The zero-order chi connectivity index (χ0) is 12.1. The highest BCUT2D eigenvalue weighted by Crippen LogP contribution is 2.24. The van der Waals surface area contributed by atoms with Gasteiger partial charge in [0, 0.05) is 14.1 Å². The van der Waals surface area contributed by atoms with Crippen LogP contribution in [0.3, 0.4) is 0 Å². The minimum Gasteiger partial charge on any atom is -0.482 e. The summed E-state index contributed by atoms with van der Waals surface area (Å²) < 4.78 is 5.31. The lowest BCUT2D eigenvalue weighted by Crippen LogP contribution is -2.39. The molecule has 0 aliphatic heterocycles. The van der Waals surface area contributed by atoms with Gasteiger partial charge in [-0.1, -0.05) is 17.7 Å². The highest BCUT2D eigenvalue weighted by molar-refractivity contribution is 6.32. The van der Waals surface area contributed by atoms with Crippen molar-refractivity contribution in [3.8, 4) is 5.75 Å². The number of carbonyl (C=O) groups excluding carboxylic acids is 1. The zero-order valence-electron chi connectivity index (χ0n) is 9.58. The van der Waals surface area contributed by atoms with E-state index < -0.39 is 0 Å². The lowest BCUT2D eigenvalue weighted by atomic mass is 10.2. The summed E-state index contributed by atoms with van der Waals surface area (Å²) in [5.41, 5.74) is 3.61. The molecule has 1 rings (SSSR count). The van der Waals surface area contributed by atoms with E-state index in [-0.39, 0.29) is 12.5 Å². The van der Waals surface area contributed by atoms with Gasteiger partial charge in [0.1, 0.15) is 5.75 Å². The first-order valence-corrected chi connectivity index (χ1v) is 5.22. The predicted molar refractivity (Wildman–Crippen MR) is 63.5 cm³/mol. The molecule has 0 saturated heterocycles. The van der Waals surface area contributed by atoms with Crippen LogP contribution < -0.4 is 10.2 Å². The van der Waals surface area contributed by atoms with Gasteiger partial charge in [0.25, 0.3) is 5.91 Å². The summed E-state index contributed by atoms with van der Waals surface area (Å²) in [6, 6.07) is 5.43. The van der Waals surface area contributed by atoms with E-state index in [4.69, 9.17) is 16.3 Å². The van der Waals surface area contributed by atoms with Crippen LogP contribution in [-0.4, -0.2) is 31.6 Å². The first-order valence-electron chi connectivity index (χ1n) is 4.85. The standard InChI is InChI=1S/C11H15ClN2O2/c1-8-4-5-9(12)10(6-8)16-7-11(15)13-14(2)3/h4-6H,7H2,1-3H3,(H,13,15). The molecule has 0 aliphatic rings. The molecule has 0 atom stereocenters. The minimum absolute atomic E-state index is 0.0542. The number of amides is 1. The Morgan fingerprint density at radius 3 is 2.81 bits per heavy atom. The van der Waals surface area contributed by atoms with Crippen LogP contribution in [0.15, 0.2) is 18.2 Å².